The van der Waals surface area contributed by atoms with Gasteiger partial charge in [-0.15, -0.1) is 0 Å². The van der Waals surface area contributed by atoms with Gasteiger partial charge in [0.15, 0.2) is 0 Å². The highest BCUT2D eigenvalue weighted by atomic mass is 19.3. The van der Waals surface area contributed by atoms with E-state index >= 15 is 0 Å². The molecule has 2 aromatic heterocycles. The standard InChI is InChI=1S/C19H20F2N6O4/c1-19(30,18(20)21)16(17(29)25-31)22-11-26-9-6-13(10-15(26)28)12-2-4-14(5-3-12)27-23-7-8-24-27/h2-10,16,18,22,30-31H,11H2,1H3,(H,25,29). The van der Waals surface area contributed by atoms with Crippen molar-refractivity contribution in [3.05, 3.63) is 65.3 Å². The lowest BCUT2D eigenvalue weighted by Gasteiger charge is -2.31. The molecule has 1 aromatic carbocycles. The third-order valence-corrected chi connectivity index (χ3v) is 4.71. The predicted molar refractivity (Wildman–Crippen MR) is 105 cm³/mol. The molecule has 3 aromatic rings. The summed E-state index contributed by atoms with van der Waals surface area (Å²) in [4.78, 5) is 25.6. The molecule has 0 saturated carbocycles. The molecular weight excluding hydrogens is 414 g/mol. The van der Waals surface area contributed by atoms with Crippen LogP contribution in [0.15, 0.2) is 59.8 Å². The summed E-state index contributed by atoms with van der Waals surface area (Å²) in [6.45, 7) is 0.392. The maximum Gasteiger partial charge on any atom is 0.268 e. The third-order valence-electron chi connectivity index (χ3n) is 4.71. The SMILES string of the molecule is CC(O)(C(F)F)C(NCn1ccc(-c2ccc(-n3nccn3)cc2)cc1=O)C(=O)NO. The Labute approximate surface area is 174 Å². The highest BCUT2D eigenvalue weighted by Gasteiger charge is 2.45. The maximum absolute atomic E-state index is 13.1. The minimum Gasteiger partial charge on any atom is -0.382 e. The summed E-state index contributed by atoms with van der Waals surface area (Å²) >= 11 is 0. The van der Waals surface area contributed by atoms with Gasteiger partial charge in [0.05, 0.1) is 24.7 Å². The van der Waals surface area contributed by atoms with E-state index < -0.39 is 29.5 Å². The average molecular weight is 434 g/mol. The fourth-order valence-corrected chi connectivity index (χ4v) is 2.90. The Morgan fingerprint density at radius 3 is 2.35 bits per heavy atom. The largest absolute Gasteiger partial charge is 0.382 e. The van der Waals surface area contributed by atoms with Crippen molar-refractivity contribution in [2.75, 3.05) is 0 Å². The van der Waals surface area contributed by atoms with Crippen LogP contribution < -0.4 is 16.4 Å². The number of aromatic nitrogens is 4. The van der Waals surface area contributed by atoms with E-state index in [1.165, 1.54) is 22.5 Å². The van der Waals surface area contributed by atoms with Crippen LogP contribution >= 0.6 is 0 Å². The monoisotopic (exact) mass is 434 g/mol. The summed E-state index contributed by atoms with van der Waals surface area (Å²) in [6, 6.07) is 8.26. The zero-order valence-electron chi connectivity index (χ0n) is 16.3. The van der Waals surface area contributed by atoms with E-state index in [2.05, 4.69) is 15.5 Å². The highest BCUT2D eigenvalue weighted by Crippen LogP contribution is 2.21. The molecule has 0 spiro atoms. The van der Waals surface area contributed by atoms with Crippen molar-refractivity contribution in [2.45, 2.75) is 31.7 Å². The fraction of sp³-hybridized carbons (Fsp3) is 0.263. The number of nitrogens with one attached hydrogen (secondary N) is 2. The number of rotatable bonds is 8. The van der Waals surface area contributed by atoms with Gasteiger partial charge in [-0.25, -0.2) is 14.3 Å². The lowest BCUT2D eigenvalue weighted by atomic mass is 9.96. The Morgan fingerprint density at radius 1 is 1.16 bits per heavy atom. The van der Waals surface area contributed by atoms with Crippen LogP contribution in [-0.4, -0.2) is 53.9 Å². The molecular formula is C19H20F2N6O4. The van der Waals surface area contributed by atoms with Crippen molar-refractivity contribution < 1.29 is 23.9 Å². The number of hydroxylamine groups is 1. The minimum absolute atomic E-state index is 0.357. The van der Waals surface area contributed by atoms with Crippen LogP contribution in [0.25, 0.3) is 16.8 Å². The first-order valence-corrected chi connectivity index (χ1v) is 9.09. The number of hydrogen-bond donors (Lipinski definition) is 4. The van der Waals surface area contributed by atoms with Crippen molar-refractivity contribution in [1.82, 2.24) is 30.4 Å². The molecule has 0 bridgehead atoms. The lowest BCUT2D eigenvalue weighted by Crippen LogP contribution is -2.60. The summed E-state index contributed by atoms with van der Waals surface area (Å²) in [5.41, 5.74) is 0.0966. The average Bonchev–Trinajstić information content (AvgIpc) is 3.29. The molecule has 2 atom stereocenters. The van der Waals surface area contributed by atoms with Gasteiger partial charge in [-0.1, -0.05) is 12.1 Å². The number of carbonyl (C=O) groups is 1. The number of aliphatic hydroxyl groups is 1. The number of nitrogens with zero attached hydrogens (tertiary/aromatic N) is 4. The maximum atomic E-state index is 13.1. The first kappa shape index (κ1) is 22.2. The van der Waals surface area contributed by atoms with Crippen LogP contribution in [0.4, 0.5) is 8.78 Å². The molecule has 4 N–H and O–H groups in total. The smallest absolute Gasteiger partial charge is 0.268 e. The molecule has 31 heavy (non-hydrogen) atoms. The first-order chi connectivity index (χ1) is 14.7. The molecule has 10 nitrogen and oxygen atoms in total. The van der Waals surface area contributed by atoms with E-state index in [9.17, 15) is 23.5 Å². The van der Waals surface area contributed by atoms with E-state index in [1.54, 1.807) is 42.7 Å². The second-order valence-corrected chi connectivity index (χ2v) is 6.89. The number of hydrogen-bond acceptors (Lipinski definition) is 7. The van der Waals surface area contributed by atoms with Gasteiger partial charge in [-0.2, -0.15) is 15.0 Å². The Hall–Kier alpha value is -3.48. The van der Waals surface area contributed by atoms with Crippen LogP contribution in [0.3, 0.4) is 0 Å². The Bertz CT molecular complexity index is 1080. The van der Waals surface area contributed by atoms with Gasteiger partial charge in [0.1, 0.15) is 11.6 Å². The number of halogens is 2. The Morgan fingerprint density at radius 2 is 1.81 bits per heavy atom. The molecule has 1 amide bonds. The van der Waals surface area contributed by atoms with Crippen LogP contribution in [0.1, 0.15) is 6.92 Å². The van der Waals surface area contributed by atoms with Gasteiger partial charge < -0.3 is 9.67 Å². The second-order valence-electron chi connectivity index (χ2n) is 6.89. The van der Waals surface area contributed by atoms with Gasteiger partial charge in [-0.05, 0) is 36.2 Å². The lowest BCUT2D eigenvalue weighted by molar-refractivity contribution is -0.151. The number of carbonyl (C=O) groups excluding carboxylic acids is 1. The number of alkyl halides is 2. The van der Waals surface area contributed by atoms with Crippen molar-refractivity contribution in [1.29, 1.82) is 0 Å². The van der Waals surface area contributed by atoms with Crippen LogP contribution in [-0.2, 0) is 11.5 Å². The molecule has 2 heterocycles. The Balaban J connectivity index is 1.76. The van der Waals surface area contributed by atoms with Crippen molar-refractivity contribution >= 4 is 5.91 Å². The van der Waals surface area contributed by atoms with Crippen LogP contribution in [0.2, 0.25) is 0 Å². The van der Waals surface area contributed by atoms with Gasteiger partial charge in [0.25, 0.3) is 17.9 Å². The molecule has 0 aliphatic rings. The van der Waals surface area contributed by atoms with E-state index in [0.29, 0.717) is 5.56 Å². The van der Waals surface area contributed by atoms with Crippen molar-refractivity contribution in [3.63, 3.8) is 0 Å². The Kier molecular flexibility index (Phi) is 6.53. The number of amides is 1. The summed E-state index contributed by atoms with van der Waals surface area (Å²) in [7, 11) is 0. The van der Waals surface area contributed by atoms with Crippen molar-refractivity contribution in [3.8, 4) is 16.8 Å². The molecule has 0 radical (unpaired) electrons. The third kappa shape index (κ3) is 4.82. The van der Waals surface area contributed by atoms with Gasteiger partial charge in [0, 0.05) is 12.3 Å². The highest BCUT2D eigenvalue weighted by molar-refractivity contribution is 5.82. The van der Waals surface area contributed by atoms with Gasteiger partial charge >= 0.3 is 0 Å². The fourth-order valence-electron chi connectivity index (χ4n) is 2.90. The number of pyridine rings is 1. The zero-order chi connectivity index (χ0) is 22.6. The summed E-state index contributed by atoms with van der Waals surface area (Å²) < 4.78 is 27.3. The second kappa shape index (κ2) is 9.12. The molecule has 0 aliphatic heterocycles. The molecule has 12 heteroatoms. The van der Waals surface area contributed by atoms with Crippen LogP contribution in [0, 0.1) is 0 Å². The van der Waals surface area contributed by atoms with E-state index in [0.717, 1.165) is 22.7 Å². The first-order valence-electron chi connectivity index (χ1n) is 9.09. The normalized spacial score (nSPS) is 14.3. The number of benzene rings is 1. The van der Waals surface area contributed by atoms with Crippen molar-refractivity contribution in [2.24, 2.45) is 0 Å². The molecule has 164 valence electrons. The zero-order valence-corrected chi connectivity index (χ0v) is 16.3. The van der Waals surface area contributed by atoms with Gasteiger partial charge in [-0.3, -0.25) is 20.1 Å². The topological polar surface area (TPSA) is 134 Å². The summed E-state index contributed by atoms with van der Waals surface area (Å²) in [6.07, 6.45) is 1.24. The van der Waals surface area contributed by atoms with E-state index in [4.69, 9.17) is 5.21 Å². The predicted octanol–water partition coefficient (Wildman–Crippen LogP) is 0.533. The minimum atomic E-state index is -3.28. The molecule has 3 rings (SSSR count). The molecule has 0 fully saturated rings. The quantitative estimate of drug-likeness (QED) is 0.300. The molecule has 0 aliphatic carbocycles. The molecule has 2 unspecified atom stereocenters. The summed E-state index contributed by atoms with van der Waals surface area (Å²) in [5.74, 6) is -1.26. The van der Waals surface area contributed by atoms with Gasteiger partial charge in [0.2, 0.25) is 0 Å². The van der Waals surface area contributed by atoms with E-state index in [-0.39, 0.29) is 6.67 Å². The summed E-state index contributed by atoms with van der Waals surface area (Å²) in [5, 5.41) is 29.1. The van der Waals surface area contributed by atoms with Crippen LogP contribution in [0.5, 0.6) is 0 Å². The molecule has 0 saturated heterocycles. The van der Waals surface area contributed by atoms with E-state index in [1.807, 2.05) is 0 Å².